The van der Waals surface area contributed by atoms with Gasteiger partial charge in [0.2, 0.25) is 0 Å². The highest BCUT2D eigenvalue weighted by molar-refractivity contribution is 5.82. The van der Waals surface area contributed by atoms with Gasteiger partial charge in [-0.2, -0.15) is 0 Å². The van der Waals surface area contributed by atoms with E-state index in [0.29, 0.717) is 11.7 Å². The zero-order chi connectivity index (χ0) is 14.8. The number of hydrogen-bond donors (Lipinski definition) is 1. The summed E-state index contributed by atoms with van der Waals surface area (Å²) in [7, 11) is 0. The van der Waals surface area contributed by atoms with Crippen LogP contribution in [0.15, 0.2) is 11.1 Å². The summed E-state index contributed by atoms with van der Waals surface area (Å²) in [5.74, 6) is 2.65. The Balaban J connectivity index is 1.66. The maximum atomic E-state index is 11.7. The Bertz CT molecular complexity index is 516. The number of aliphatic hydroxyl groups is 1. The number of hydrogen-bond acceptors (Lipinski definition) is 2. The zero-order valence-corrected chi connectivity index (χ0v) is 13.5. The maximum Gasteiger partial charge on any atom is 0.137 e. The molecule has 1 N–H and O–H groups in total. The SMILES string of the molecule is C[C@]1(O)CC[C@@H]2[C@H]3CCC4=C(CCC(=O)C4)[C@@H]3CC[C@@]21C. The molecule has 2 saturated carbocycles. The third kappa shape index (κ3) is 1.84. The molecule has 0 bridgehead atoms. The van der Waals surface area contributed by atoms with E-state index in [2.05, 4.69) is 13.8 Å². The van der Waals surface area contributed by atoms with Crippen LogP contribution < -0.4 is 0 Å². The van der Waals surface area contributed by atoms with Crippen molar-refractivity contribution in [2.75, 3.05) is 0 Å². The van der Waals surface area contributed by atoms with E-state index in [1.807, 2.05) is 0 Å². The third-order valence-electron chi connectivity index (χ3n) is 7.76. The van der Waals surface area contributed by atoms with Gasteiger partial charge in [0.25, 0.3) is 0 Å². The number of carbonyl (C=O) groups excluding carboxylic acids is 1. The Hall–Kier alpha value is -0.630. The van der Waals surface area contributed by atoms with Gasteiger partial charge in [0.15, 0.2) is 0 Å². The first-order chi connectivity index (χ1) is 9.92. The number of Topliss-reactive ketones (excluding diaryl/α,β-unsaturated/α-hetero) is 1. The van der Waals surface area contributed by atoms with Crippen molar-refractivity contribution in [3.63, 3.8) is 0 Å². The first-order valence-electron chi connectivity index (χ1n) is 8.87. The molecule has 0 unspecified atom stereocenters. The van der Waals surface area contributed by atoms with Gasteiger partial charge in [-0.3, -0.25) is 4.79 Å². The second-order valence-electron chi connectivity index (χ2n) is 8.53. The summed E-state index contributed by atoms with van der Waals surface area (Å²) in [5.41, 5.74) is 2.82. The molecule has 2 nitrogen and oxygen atoms in total. The lowest BCUT2D eigenvalue weighted by molar-refractivity contribution is -0.119. The second kappa shape index (κ2) is 4.44. The molecule has 0 aromatic rings. The van der Waals surface area contributed by atoms with Crippen molar-refractivity contribution in [1.82, 2.24) is 0 Å². The minimum absolute atomic E-state index is 0.122. The van der Waals surface area contributed by atoms with Crippen molar-refractivity contribution in [2.45, 2.75) is 77.2 Å². The minimum Gasteiger partial charge on any atom is -0.390 e. The van der Waals surface area contributed by atoms with Crippen LogP contribution in [-0.2, 0) is 4.79 Å². The fourth-order valence-electron chi connectivity index (χ4n) is 6.29. The van der Waals surface area contributed by atoms with Crippen LogP contribution in [0.2, 0.25) is 0 Å². The van der Waals surface area contributed by atoms with Gasteiger partial charge in [0, 0.05) is 12.8 Å². The van der Waals surface area contributed by atoms with Gasteiger partial charge in [0.1, 0.15) is 5.78 Å². The lowest BCUT2D eigenvalue weighted by Crippen LogP contribution is -2.50. The molecule has 21 heavy (non-hydrogen) atoms. The van der Waals surface area contributed by atoms with Gasteiger partial charge in [-0.05, 0) is 75.0 Å². The molecule has 2 heteroatoms. The number of fused-ring (bicyclic) bond motifs is 4. The van der Waals surface area contributed by atoms with Crippen molar-refractivity contribution >= 4 is 5.78 Å². The number of carbonyl (C=O) groups is 1. The molecule has 0 radical (unpaired) electrons. The normalized spacial score (nSPS) is 49.7. The number of rotatable bonds is 0. The monoisotopic (exact) mass is 288 g/mol. The van der Waals surface area contributed by atoms with Crippen LogP contribution in [-0.4, -0.2) is 16.5 Å². The van der Waals surface area contributed by atoms with Crippen LogP contribution in [0.1, 0.15) is 71.6 Å². The summed E-state index contributed by atoms with van der Waals surface area (Å²) in [6.45, 7) is 4.41. The summed E-state index contributed by atoms with van der Waals surface area (Å²) < 4.78 is 0. The van der Waals surface area contributed by atoms with E-state index in [-0.39, 0.29) is 5.41 Å². The predicted molar refractivity (Wildman–Crippen MR) is 82.8 cm³/mol. The zero-order valence-electron chi connectivity index (χ0n) is 13.5. The van der Waals surface area contributed by atoms with Crippen LogP contribution >= 0.6 is 0 Å². The first kappa shape index (κ1) is 14.0. The molecule has 2 fully saturated rings. The second-order valence-corrected chi connectivity index (χ2v) is 8.53. The average molecular weight is 288 g/mol. The summed E-state index contributed by atoms with van der Waals surface area (Å²) >= 11 is 0. The molecular formula is C19H28O2. The smallest absolute Gasteiger partial charge is 0.137 e. The topological polar surface area (TPSA) is 37.3 Å². The summed E-state index contributed by atoms with van der Waals surface area (Å²) in [6, 6.07) is 0. The number of ketones is 1. The lowest BCUT2D eigenvalue weighted by atomic mass is 9.52. The van der Waals surface area contributed by atoms with Gasteiger partial charge >= 0.3 is 0 Å². The molecule has 0 aromatic heterocycles. The van der Waals surface area contributed by atoms with E-state index in [1.54, 1.807) is 5.57 Å². The molecule has 116 valence electrons. The fraction of sp³-hybridized carbons (Fsp3) is 0.842. The molecule has 0 amide bonds. The molecule has 0 aromatic carbocycles. The van der Waals surface area contributed by atoms with Crippen LogP contribution in [0.3, 0.4) is 0 Å². The van der Waals surface area contributed by atoms with Gasteiger partial charge in [-0.15, -0.1) is 0 Å². The Morgan fingerprint density at radius 2 is 1.86 bits per heavy atom. The molecule has 5 atom stereocenters. The Morgan fingerprint density at radius 1 is 1.05 bits per heavy atom. The van der Waals surface area contributed by atoms with Crippen molar-refractivity contribution in [1.29, 1.82) is 0 Å². The third-order valence-corrected chi connectivity index (χ3v) is 7.76. The average Bonchev–Trinajstić information content (AvgIpc) is 2.69. The highest BCUT2D eigenvalue weighted by atomic mass is 16.3. The van der Waals surface area contributed by atoms with E-state index in [9.17, 15) is 9.90 Å². The van der Waals surface area contributed by atoms with Crippen molar-refractivity contribution < 1.29 is 9.90 Å². The summed E-state index contributed by atoms with van der Waals surface area (Å²) in [4.78, 5) is 11.7. The van der Waals surface area contributed by atoms with Gasteiger partial charge < -0.3 is 5.11 Å². The van der Waals surface area contributed by atoms with Crippen molar-refractivity contribution in [3.8, 4) is 0 Å². The predicted octanol–water partition coefficient (Wildman–Crippen LogP) is 4.02. The van der Waals surface area contributed by atoms with Crippen LogP contribution in [0.4, 0.5) is 0 Å². The molecule has 0 saturated heterocycles. The van der Waals surface area contributed by atoms with E-state index < -0.39 is 5.60 Å². The van der Waals surface area contributed by atoms with Crippen LogP contribution in [0, 0.1) is 23.2 Å². The van der Waals surface area contributed by atoms with Crippen molar-refractivity contribution in [2.24, 2.45) is 23.2 Å². The van der Waals surface area contributed by atoms with E-state index in [0.717, 1.165) is 50.4 Å². The highest BCUT2D eigenvalue weighted by Crippen LogP contribution is 2.64. The largest absolute Gasteiger partial charge is 0.390 e. The highest BCUT2D eigenvalue weighted by Gasteiger charge is 2.59. The Morgan fingerprint density at radius 3 is 2.67 bits per heavy atom. The molecule has 0 spiro atoms. The Kier molecular flexibility index (Phi) is 2.96. The van der Waals surface area contributed by atoms with Crippen LogP contribution in [0.25, 0.3) is 0 Å². The minimum atomic E-state index is -0.472. The van der Waals surface area contributed by atoms with Gasteiger partial charge in [0.05, 0.1) is 5.60 Å². The van der Waals surface area contributed by atoms with Gasteiger partial charge in [-0.1, -0.05) is 18.1 Å². The number of allylic oxidation sites excluding steroid dienone is 2. The molecule has 0 heterocycles. The quantitative estimate of drug-likeness (QED) is 0.683. The molecule has 4 rings (SSSR count). The fourth-order valence-corrected chi connectivity index (χ4v) is 6.29. The summed E-state index contributed by atoms with van der Waals surface area (Å²) in [6.07, 6.45) is 9.55. The summed E-state index contributed by atoms with van der Waals surface area (Å²) in [5, 5.41) is 10.8. The van der Waals surface area contributed by atoms with E-state index in [4.69, 9.17) is 0 Å². The maximum absolute atomic E-state index is 11.7. The Labute approximate surface area is 128 Å². The first-order valence-corrected chi connectivity index (χ1v) is 8.87. The van der Waals surface area contributed by atoms with Crippen molar-refractivity contribution in [3.05, 3.63) is 11.1 Å². The standard InChI is InChI=1S/C19H28O2/c1-18-9-7-15-14-6-4-13(20)11-12(14)3-5-16(15)17(18)8-10-19(18,2)21/h15-17,21H,3-11H2,1-2H3/t15-,16-,17+,18-,19-/m0/s1. The lowest BCUT2D eigenvalue weighted by Gasteiger charge is -2.53. The molecule has 4 aliphatic rings. The molecule has 0 aliphatic heterocycles. The van der Waals surface area contributed by atoms with E-state index >= 15 is 0 Å². The molecular weight excluding hydrogens is 260 g/mol. The van der Waals surface area contributed by atoms with E-state index in [1.165, 1.54) is 24.8 Å². The molecule has 4 aliphatic carbocycles. The van der Waals surface area contributed by atoms with Crippen LogP contribution in [0.5, 0.6) is 0 Å². The van der Waals surface area contributed by atoms with Gasteiger partial charge in [-0.25, -0.2) is 0 Å².